The van der Waals surface area contributed by atoms with E-state index in [1.165, 1.54) is 11.3 Å². The van der Waals surface area contributed by atoms with Crippen LogP contribution in [0.3, 0.4) is 0 Å². The predicted octanol–water partition coefficient (Wildman–Crippen LogP) is 6.77. The van der Waals surface area contributed by atoms with E-state index in [1.54, 1.807) is 31.5 Å². The summed E-state index contributed by atoms with van der Waals surface area (Å²) in [5, 5.41) is 10.7. The first kappa shape index (κ1) is 25.2. The van der Waals surface area contributed by atoms with Gasteiger partial charge in [0.15, 0.2) is 16.6 Å². The van der Waals surface area contributed by atoms with E-state index < -0.39 is 0 Å². The molecule has 0 aliphatic rings. The predicted molar refractivity (Wildman–Crippen MR) is 146 cm³/mol. The Kier molecular flexibility index (Phi) is 8.54. The highest BCUT2D eigenvalue weighted by Crippen LogP contribution is 2.29. The summed E-state index contributed by atoms with van der Waals surface area (Å²) in [4.78, 5) is 17.1. The first-order valence-electron chi connectivity index (χ1n) is 11.3. The molecular weight excluding hydrogens is 496 g/mol. The van der Waals surface area contributed by atoms with Gasteiger partial charge >= 0.3 is 0 Å². The molecule has 7 nitrogen and oxygen atoms in total. The Morgan fingerprint density at radius 3 is 2.58 bits per heavy atom. The molecule has 4 aromatic rings. The second-order valence-corrected chi connectivity index (χ2v) is 9.00. The number of aromatic nitrogens is 1. The van der Waals surface area contributed by atoms with Crippen molar-refractivity contribution in [2.75, 3.05) is 19.0 Å². The van der Waals surface area contributed by atoms with E-state index in [0.717, 1.165) is 34.1 Å². The number of rotatable bonds is 10. The second-order valence-electron chi connectivity index (χ2n) is 7.71. The lowest BCUT2D eigenvalue weighted by atomic mass is 10.1. The van der Waals surface area contributed by atoms with Crippen molar-refractivity contribution in [2.45, 2.75) is 13.3 Å². The maximum atomic E-state index is 12.5. The molecule has 0 fully saturated rings. The number of hydrogen-bond donors (Lipinski definition) is 2. The van der Waals surface area contributed by atoms with E-state index in [1.807, 2.05) is 60.8 Å². The quantitative estimate of drug-likeness (QED) is 0.178. The summed E-state index contributed by atoms with van der Waals surface area (Å²) in [5.74, 6) is 0.979. The number of anilines is 2. The van der Waals surface area contributed by atoms with E-state index in [0.29, 0.717) is 28.7 Å². The molecule has 0 radical (unpaired) electrons. The van der Waals surface area contributed by atoms with Crippen LogP contribution in [0.25, 0.3) is 11.3 Å². The largest absolute Gasteiger partial charge is 0.493 e. The standard InChI is InChI=1S/C27H25ClN4O3S/c1-3-14-35-24-13-4-18(15-25(24)34-2)16-29-32-26(33)20-7-5-19(6-8-20)23-17-36-27(31-23)30-22-11-9-21(28)10-12-22/h4-13,15-17H,3,14H2,1-2H3,(H,30,31)(H,32,33)/b29-16-. The minimum absolute atomic E-state index is 0.309. The SMILES string of the molecule is CCCOc1ccc(/C=N\NC(=O)c2ccc(-c3csc(Nc4ccc(Cl)cc4)n3)cc2)cc1OC. The summed E-state index contributed by atoms with van der Waals surface area (Å²) in [7, 11) is 1.59. The molecule has 0 unspecified atom stereocenters. The molecular formula is C27H25ClN4O3S. The molecule has 9 heteroatoms. The third-order valence-electron chi connectivity index (χ3n) is 5.07. The normalized spacial score (nSPS) is 10.9. The van der Waals surface area contributed by atoms with Gasteiger partial charge in [-0.25, -0.2) is 10.4 Å². The van der Waals surface area contributed by atoms with Crippen LogP contribution in [0.4, 0.5) is 10.8 Å². The molecule has 36 heavy (non-hydrogen) atoms. The van der Waals surface area contributed by atoms with Gasteiger partial charge in [-0.15, -0.1) is 11.3 Å². The van der Waals surface area contributed by atoms with Gasteiger partial charge in [0, 0.05) is 27.2 Å². The maximum absolute atomic E-state index is 12.5. The van der Waals surface area contributed by atoms with Crippen molar-refractivity contribution >= 4 is 45.9 Å². The van der Waals surface area contributed by atoms with Crippen LogP contribution in [0.15, 0.2) is 77.2 Å². The van der Waals surface area contributed by atoms with Crippen molar-refractivity contribution in [3.8, 4) is 22.8 Å². The minimum atomic E-state index is -0.309. The number of hydrogen-bond acceptors (Lipinski definition) is 7. The summed E-state index contributed by atoms with van der Waals surface area (Å²) in [6, 6.07) is 20.1. The van der Waals surface area contributed by atoms with E-state index >= 15 is 0 Å². The van der Waals surface area contributed by atoms with Crippen LogP contribution in [0.5, 0.6) is 11.5 Å². The van der Waals surface area contributed by atoms with E-state index in [-0.39, 0.29) is 5.91 Å². The van der Waals surface area contributed by atoms with Crippen molar-refractivity contribution in [1.82, 2.24) is 10.4 Å². The molecule has 0 saturated carbocycles. The van der Waals surface area contributed by atoms with E-state index in [4.69, 9.17) is 21.1 Å². The fourth-order valence-electron chi connectivity index (χ4n) is 3.24. The van der Waals surface area contributed by atoms with Gasteiger partial charge < -0.3 is 14.8 Å². The summed E-state index contributed by atoms with van der Waals surface area (Å²) < 4.78 is 11.0. The molecule has 1 heterocycles. The van der Waals surface area contributed by atoms with Gasteiger partial charge in [0.2, 0.25) is 0 Å². The van der Waals surface area contributed by atoms with Crippen LogP contribution >= 0.6 is 22.9 Å². The molecule has 4 rings (SSSR count). The van der Waals surface area contributed by atoms with E-state index in [2.05, 4.69) is 20.8 Å². The molecule has 1 aromatic heterocycles. The first-order valence-corrected chi connectivity index (χ1v) is 12.5. The van der Waals surface area contributed by atoms with Gasteiger partial charge in [0.1, 0.15) is 0 Å². The van der Waals surface area contributed by atoms with Gasteiger partial charge in [-0.3, -0.25) is 4.79 Å². The number of amides is 1. The molecule has 0 aliphatic heterocycles. The molecule has 1 amide bonds. The molecule has 2 N–H and O–H groups in total. The Hall–Kier alpha value is -3.88. The number of ether oxygens (including phenoxy) is 2. The second kappa shape index (κ2) is 12.2. The summed E-state index contributed by atoms with van der Waals surface area (Å²) in [5.41, 5.74) is 6.46. The van der Waals surface area contributed by atoms with Crippen LogP contribution in [0, 0.1) is 0 Å². The zero-order chi connectivity index (χ0) is 25.3. The smallest absolute Gasteiger partial charge is 0.271 e. The molecule has 0 aliphatic carbocycles. The van der Waals surface area contributed by atoms with Crippen LogP contribution in [0.2, 0.25) is 5.02 Å². The first-order chi connectivity index (χ1) is 17.6. The molecule has 184 valence electrons. The van der Waals surface area contributed by atoms with Crippen molar-refractivity contribution < 1.29 is 14.3 Å². The van der Waals surface area contributed by atoms with Crippen molar-refractivity contribution in [2.24, 2.45) is 5.10 Å². The Bertz CT molecular complexity index is 1340. The fraction of sp³-hybridized carbons (Fsp3) is 0.148. The Balaban J connectivity index is 1.35. The number of nitrogens with zero attached hydrogens (tertiary/aromatic N) is 2. The van der Waals surface area contributed by atoms with Gasteiger partial charge in [0.25, 0.3) is 5.91 Å². The van der Waals surface area contributed by atoms with Gasteiger partial charge in [-0.05, 0) is 66.6 Å². The average molecular weight is 521 g/mol. The monoisotopic (exact) mass is 520 g/mol. The zero-order valence-corrected chi connectivity index (χ0v) is 21.4. The summed E-state index contributed by atoms with van der Waals surface area (Å²) in [6.45, 7) is 2.66. The third-order valence-corrected chi connectivity index (χ3v) is 6.08. The Morgan fingerprint density at radius 2 is 1.86 bits per heavy atom. The lowest BCUT2D eigenvalue weighted by Gasteiger charge is -2.10. The molecule has 3 aromatic carbocycles. The lowest BCUT2D eigenvalue weighted by molar-refractivity contribution is 0.0955. The average Bonchev–Trinajstić information content (AvgIpc) is 3.37. The van der Waals surface area contributed by atoms with Gasteiger partial charge in [-0.1, -0.05) is 30.7 Å². The van der Waals surface area contributed by atoms with Crippen LogP contribution < -0.4 is 20.2 Å². The van der Waals surface area contributed by atoms with E-state index in [9.17, 15) is 4.79 Å². The molecule has 0 bridgehead atoms. The number of thiazole rings is 1. The Labute approximate surface area is 218 Å². The highest BCUT2D eigenvalue weighted by atomic mass is 35.5. The van der Waals surface area contributed by atoms with Gasteiger partial charge in [0.05, 0.1) is 25.6 Å². The third kappa shape index (κ3) is 6.62. The maximum Gasteiger partial charge on any atom is 0.271 e. The van der Waals surface area contributed by atoms with Crippen LogP contribution in [-0.2, 0) is 0 Å². The Morgan fingerprint density at radius 1 is 1.08 bits per heavy atom. The van der Waals surface area contributed by atoms with Crippen molar-refractivity contribution in [1.29, 1.82) is 0 Å². The minimum Gasteiger partial charge on any atom is -0.493 e. The number of halogens is 1. The summed E-state index contributed by atoms with van der Waals surface area (Å²) >= 11 is 7.43. The molecule has 0 atom stereocenters. The highest BCUT2D eigenvalue weighted by molar-refractivity contribution is 7.14. The fourth-order valence-corrected chi connectivity index (χ4v) is 4.10. The van der Waals surface area contributed by atoms with Crippen molar-refractivity contribution in [3.63, 3.8) is 0 Å². The van der Waals surface area contributed by atoms with Gasteiger partial charge in [-0.2, -0.15) is 5.10 Å². The summed E-state index contributed by atoms with van der Waals surface area (Å²) in [6.07, 6.45) is 2.47. The lowest BCUT2D eigenvalue weighted by Crippen LogP contribution is -2.17. The number of nitrogens with one attached hydrogen (secondary N) is 2. The number of carbonyl (C=O) groups excluding carboxylic acids is 1. The number of carbonyl (C=O) groups is 1. The molecule has 0 saturated heterocycles. The zero-order valence-electron chi connectivity index (χ0n) is 19.8. The van der Waals surface area contributed by atoms with Crippen molar-refractivity contribution in [3.05, 3.63) is 88.3 Å². The number of benzene rings is 3. The van der Waals surface area contributed by atoms with Crippen LogP contribution in [-0.4, -0.2) is 30.8 Å². The highest BCUT2D eigenvalue weighted by Gasteiger charge is 2.09. The number of hydrazone groups is 1. The number of methoxy groups -OCH3 is 1. The van der Waals surface area contributed by atoms with Crippen LogP contribution in [0.1, 0.15) is 29.3 Å². The topological polar surface area (TPSA) is 84.8 Å². The molecule has 0 spiro atoms.